The molecule has 2 aromatic carbocycles. The molecule has 0 heterocycles. The number of ether oxygens (including phenoxy) is 2. The van der Waals surface area contributed by atoms with E-state index in [4.69, 9.17) is 4.74 Å². The molecule has 0 atom stereocenters. The lowest BCUT2D eigenvalue weighted by Crippen LogP contribution is -2.21. The number of carbonyl (C=O) groups is 2. The van der Waals surface area contributed by atoms with Gasteiger partial charge in [-0.3, -0.25) is 4.79 Å². The zero-order chi connectivity index (χ0) is 16.7. The van der Waals surface area contributed by atoms with Crippen molar-refractivity contribution in [2.24, 2.45) is 0 Å². The minimum absolute atomic E-state index is 0.346. The zero-order valence-electron chi connectivity index (χ0n) is 13.2. The van der Waals surface area contributed by atoms with Gasteiger partial charge in [-0.2, -0.15) is 0 Å². The monoisotopic (exact) mass is 313 g/mol. The van der Waals surface area contributed by atoms with Crippen molar-refractivity contribution >= 4 is 18.1 Å². The second-order valence-corrected chi connectivity index (χ2v) is 4.79. The van der Waals surface area contributed by atoms with Crippen molar-refractivity contribution in [2.45, 2.75) is 13.8 Å². The Morgan fingerprint density at radius 2 is 1.52 bits per heavy atom. The standard InChI is InChI=1S/C18H19NO4/c1-3-19(4-2)15-7-5-14(6-8-15)18(21)23-17-11-9-16(10-12-17)22-13-20/h5-13H,3-4H2,1-2H3. The average molecular weight is 313 g/mol. The van der Waals surface area contributed by atoms with Crippen molar-refractivity contribution in [1.82, 2.24) is 0 Å². The van der Waals surface area contributed by atoms with E-state index in [0.29, 0.717) is 23.5 Å². The second-order valence-electron chi connectivity index (χ2n) is 4.79. The lowest BCUT2D eigenvalue weighted by atomic mass is 10.2. The molecule has 2 rings (SSSR count). The third kappa shape index (κ3) is 4.32. The first-order valence-electron chi connectivity index (χ1n) is 7.45. The summed E-state index contributed by atoms with van der Waals surface area (Å²) in [7, 11) is 0. The first-order chi connectivity index (χ1) is 11.2. The van der Waals surface area contributed by atoms with Gasteiger partial charge < -0.3 is 14.4 Å². The SMILES string of the molecule is CCN(CC)c1ccc(C(=O)Oc2ccc(OC=O)cc2)cc1. The summed E-state index contributed by atoms with van der Waals surface area (Å²) in [5, 5.41) is 0. The van der Waals surface area contributed by atoms with Crippen LogP contribution in [0.4, 0.5) is 5.69 Å². The molecule has 5 heteroatoms. The van der Waals surface area contributed by atoms with Crippen molar-refractivity contribution in [1.29, 1.82) is 0 Å². The van der Waals surface area contributed by atoms with Crippen LogP contribution in [0.5, 0.6) is 11.5 Å². The minimum atomic E-state index is -0.430. The molecule has 0 radical (unpaired) electrons. The minimum Gasteiger partial charge on any atom is -0.429 e. The normalized spacial score (nSPS) is 10.0. The molecule has 0 spiro atoms. The molecule has 0 aromatic heterocycles. The summed E-state index contributed by atoms with van der Waals surface area (Å²) >= 11 is 0. The van der Waals surface area contributed by atoms with Crippen LogP contribution in [0, 0.1) is 0 Å². The molecule has 0 amide bonds. The highest BCUT2D eigenvalue weighted by Gasteiger charge is 2.10. The third-order valence-corrected chi connectivity index (χ3v) is 3.45. The maximum atomic E-state index is 12.1. The molecule has 0 bridgehead atoms. The van der Waals surface area contributed by atoms with Crippen LogP contribution >= 0.6 is 0 Å². The van der Waals surface area contributed by atoms with Gasteiger partial charge in [0.15, 0.2) is 0 Å². The van der Waals surface area contributed by atoms with Gasteiger partial charge in [-0.25, -0.2) is 4.79 Å². The summed E-state index contributed by atoms with van der Waals surface area (Å²) in [6.45, 7) is 6.34. The number of benzene rings is 2. The first-order valence-corrected chi connectivity index (χ1v) is 7.45. The molecule has 0 N–H and O–H groups in total. The Morgan fingerprint density at radius 3 is 2.04 bits per heavy atom. The summed E-state index contributed by atoms with van der Waals surface area (Å²) in [6.07, 6.45) is 0. The molecule has 2 aromatic rings. The topological polar surface area (TPSA) is 55.8 Å². The van der Waals surface area contributed by atoms with Gasteiger partial charge in [0.2, 0.25) is 0 Å². The molecule has 0 unspecified atom stereocenters. The van der Waals surface area contributed by atoms with Crippen LogP contribution < -0.4 is 14.4 Å². The molecule has 0 fully saturated rings. The van der Waals surface area contributed by atoms with E-state index in [-0.39, 0.29) is 0 Å². The van der Waals surface area contributed by atoms with Gasteiger partial charge in [0.25, 0.3) is 6.47 Å². The van der Waals surface area contributed by atoms with Crippen LogP contribution in [0.1, 0.15) is 24.2 Å². The zero-order valence-corrected chi connectivity index (χ0v) is 13.2. The van der Waals surface area contributed by atoms with Gasteiger partial charge in [0.1, 0.15) is 11.5 Å². The highest BCUT2D eigenvalue weighted by Crippen LogP contribution is 2.20. The molecule has 0 aliphatic carbocycles. The lowest BCUT2D eigenvalue weighted by Gasteiger charge is -2.20. The van der Waals surface area contributed by atoms with Gasteiger partial charge in [-0.05, 0) is 62.4 Å². The van der Waals surface area contributed by atoms with Crippen LogP contribution in [-0.2, 0) is 4.79 Å². The van der Waals surface area contributed by atoms with E-state index in [0.717, 1.165) is 18.8 Å². The van der Waals surface area contributed by atoms with Crippen molar-refractivity contribution in [2.75, 3.05) is 18.0 Å². The highest BCUT2D eigenvalue weighted by atomic mass is 16.5. The van der Waals surface area contributed by atoms with E-state index in [2.05, 4.69) is 23.5 Å². The van der Waals surface area contributed by atoms with E-state index in [1.165, 1.54) is 0 Å². The molecule has 0 saturated carbocycles. The molecule has 0 aliphatic heterocycles. The Hall–Kier alpha value is -2.82. The summed E-state index contributed by atoms with van der Waals surface area (Å²) in [4.78, 5) is 24.5. The molecule has 23 heavy (non-hydrogen) atoms. The van der Waals surface area contributed by atoms with E-state index in [1.54, 1.807) is 36.4 Å². The molecule has 120 valence electrons. The lowest BCUT2D eigenvalue weighted by molar-refractivity contribution is -0.120. The first kappa shape index (κ1) is 16.5. The van der Waals surface area contributed by atoms with Crippen LogP contribution in [0.25, 0.3) is 0 Å². The fourth-order valence-corrected chi connectivity index (χ4v) is 2.20. The Labute approximate surface area is 135 Å². The fourth-order valence-electron chi connectivity index (χ4n) is 2.20. The van der Waals surface area contributed by atoms with Gasteiger partial charge in [-0.1, -0.05) is 0 Å². The molecular weight excluding hydrogens is 294 g/mol. The summed E-state index contributed by atoms with van der Waals surface area (Å²) in [5.74, 6) is 0.351. The molecule has 0 saturated heterocycles. The average Bonchev–Trinajstić information content (AvgIpc) is 2.58. The van der Waals surface area contributed by atoms with Crippen LogP contribution in [0.2, 0.25) is 0 Å². The smallest absolute Gasteiger partial charge is 0.343 e. The molecule has 0 aliphatic rings. The number of carbonyl (C=O) groups excluding carboxylic acids is 2. The summed E-state index contributed by atoms with van der Waals surface area (Å²) in [6, 6.07) is 13.6. The van der Waals surface area contributed by atoms with E-state index in [1.807, 2.05) is 12.1 Å². The second kappa shape index (κ2) is 7.98. The Balaban J connectivity index is 2.04. The van der Waals surface area contributed by atoms with Crippen LogP contribution in [-0.4, -0.2) is 25.5 Å². The Kier molecular flexibility index (Phi) is 5.74. The van der Waals surface area contributed by atoms with E-state index >= 15 is 0 Å². The van der Waals surface area contributed by atoms with E-state index in [9.17, 15) is 9.59 Å². The van der Waals surface area contributed by atoms with Gasteiger partial charge in [0, 0.05) is 18.8 Å². The predicted molar refractivity (Wildman–Crippen MR) is 88.1 cm³/mol. The summed E-state index contributed by atoms with van der Waals surface area (Å²) in [5.41, 5.74) is 1.55. The number of hydrogen-bond acceptors (Lipinski definition) is 5. The highest BCUT2D eigenvalue weighted by molar-refractivity contribution is 5.91. The van der Waals surface area contributed by atoms with Crippen LogP contribution in [0.15, 0.2) is 48.5 Å². The summed E-state index contributed by atoms with van der Waals surface area (Å²) < 4.78 is 9.97. The van der Waals surface area contributed by atoms with Crippen molar-refractivity contribution < 1.29 is 19.1 Å². The number of esters is 1. The third-order valence-electron chi connectivity index (χ3n) is 3.45. The van der Waals surface area contributed by atoms with Gasteiger partial charge >= 0.3 is 5.97 Å². The Bertz CT molecular complexity index is 646. The van der Waals surface area contributed by atoms with Gasteiger partial charge in [0.05, 0.1) is 5.56 Å². The fraction of sp³-hybridized carbons (Fsp3) is 0.222. The number of nitrogens with zero attached hydrogens (tertiary/aromatic N) is 1. The van der Waals surface area contributed by atoms with Crippen molar-refractivity contribution in [3.05, 3.63) is 54.1 Å². The van der Waals surface area contributed by atoms with Crippen molar-refractivity contribution in [3.8, 4) is 11.5 Å². The molecular formula is C18H19NO4. The maximum Gasteiger partial charge on any atom is 0.343 e. The van der Waals surface area contributed by atoms with Gasteiger partial charge in [-0.15, -0.1) is 0 Å². The number of rotatable bonds is 7. The Morgan fingerprint density at radius 1 is 0.957 bits per heavy atom. The maximum absolute atomic E-state index is 12.1. The van der Waals surface area contributed by atoms with E-state index < -0.39 is 5.97 Å². The largest absolute Gasteiger partial charge is 0.429 e. The number of anilines is 1. The van der Waals surface area contributed by atoms with Crippen molar-refractivity contribution in [3.63, 3.8) is 0 Å². The quantitative estimate of drug-likeness (QED) is 0.446. The predicted octanol–water partition coefficient (Wildman–Crippen LogP) is 3.29. The molecule has 5 nitrogen and oxygen atoms in total. The van der Waals surface area contributed by atoms with Crippen LogP contribution in [0.3, 0.4) is 0 Å². The number of hydrogen-bond donors (Lipinski definition) is 0.